The minimum atomic E-state index is -2.60. The van der Waals surface area contributed by atoms with Gasteiger partial charge in [-0.2, -0.15) is 0 Å². The maximum absolute atomic E-state index is 3.14. The third kappa shape index (κ3) is 5.99. The fourth-order valence-electron chi connectivity index (χ4n) is 42.4. The van der Waals surface area contributed by atoms with Gasteiger partial charge in [0.05, 0.1) is 45.5 Å². The van der Waals surface area contributed by atoms with Crippen molar-refractivity contribution in [2.24, 2.45) is 0 Å². The summed E-state index contributed by atoms with van der Waals surface area (Å²) in [6.07, 6.45) is -18.7. The molecule has 0 radical (unpaired) electrons. The van der Waals surface area contributed by atoms with Crippen molar-refractivity contribution in [2.75, 3.05) is 0 Å². The lowest BCUT2D eigenvalue weighted by Gasteiger charge is -3.01. The van der Waals surface area contributed by atoms with Gasteiger partial charge in [0.25, 0.3) is 0 Å². The first-order valence-corrected chi connectivity index (χ1v) is 83.2. The molecule has 86 heavy (non-hydrogen) atoms. The van der Waals surface area contributed by atoms with E-state index in [-0.39, 0.29) is 0 Å². The minimum absolute atomic E-state index is 0.310. The molecule has 0 amide bonds. The molecule has 8 saturated heterocycles. The first kappa shape index (κ1) is 78.0. The Hall–Kier alpha value is 3.04. The molecule has 506 valence electrons. The molecule has 0 N–H and O–H groups in total. The summed E-state index contributed by atoms with van der Waals surface area (Å²) in [6, 6.07) is 0. The minimum Gasteiger partial charge on any atom is -0.0628 e. The smallest absolute Gasteiger partial charge is 0.0539 e. The molecule has 0 saturated carbocycles. The van der Waals surface area contributed by atoms with Gasteiger partial charge in [-0.1, -0.05) is 374 Å². The molecule has 8 heterocycles. The topological polar surface area (TPSA) is 0 Å². The molecule has 0 nitrogen and oxygen atoms in total. The number of hydrogen-bond donors (Lipinski definition) is 0. The summed E-state index contributed by atoms with van der Waals surface area (Å²) >= 11 is 0. The molecule has 0 aromatic carbocycles. The Labute approximate surface area is 554 Å². The zero-order valence-electron chi connectivity index (χ0n) is 70.0. The van der Waals surface area contributed by atoms with E-state index in [0.717, 1.165) is 0 Å². The van der Waals surface area contributed by atoms with Crippen LogP contribution >= 0.6 is 0 Å². The van der Waals surface area contributed by atoms with Gasteiger partial charge in [0, 0.05) is 49.2 Å². The van der Waals surface area contributed by atoms with E-state index in [1.807, 2.05) is 0 Å². The number of hydrogen-bond acceptors (Lipinski definition) is 0. The Kier molecular flexibility index (Phi) is 15.9. The Morgan fingerprint density at radius 3 is 0.186 bits per heavy atom. The lowest BCUT2D eigenvalue weighted by atomic mass is 10.2. The van der Waals surface area contributed by atoms with Gasteiger partial charge in [-0.25, -0.2) is 0 Å². The molecule has 0 aromatic heterocycles. The Morgan fingerprint density at radius 2 is 0.151 bits per heavy atom. The van der Waals surface area contributed by atoms with Crippen molar-refractivity contribution >= 4 is 94.7 Å². The van der Waals surface area contributed by atoms with E-state index in [2.05, 4.69) is 374 Å². The van der Waals surface area contributed by atoms with Crippen LogP contribution in [0.4, 0.5) is 0 Å². The highest BCUT2D eigenvalue weighted by Crippen LogP contribution is 3.26. The van der Waals surface area contributed by atoms with Crippen LogP contribution in [0, 0.1) is 0 Å². The summed E-state index contributed by atoms with van der Waals surface area (Å²) in [6.45, 7) is 169. The molecule has 0 aromatic rings. The molecule has 8 rings (SSSR count). The summed E-state index contributed by atoms with van der Waals surface area (Å²) in [4.78, 5) is 0. The van der Waals surface area contributed by atoms with Crippen molar-refractivity contribution in [1.29, 1.82) is 0 Å². The second-order valence-electron chi connectivity index (χ2n) is 51.0. The van der Waals surface area contributed by atoms with Crippen LogP contribution in [-0.2, 0) is 0 Å². The van der Waals surface area contributed by atoms with Gasteiger partial charge in [-0.05, 0) is 90.7 Å². The Balaban J connectivity index is 2.59. The standard InChI is InChI=1S/C72H162Si14/c1-55(2,3)73(56(4,5)6,57(7,8)9)79-80(74(58(10,11)12,59(13,14)15)60(16,17)18)83(79,77(67(37,38)39,68(40,41)42)69(43,44)45)86-81(75(61(19,20)21,62(22,23)24)63(25,26)27)82(86,76(64(28,29)30,65(31,32)33)66(34,35)36)84(81,85(79,80)86)78(70(46,47)48,71(49,50)51)72(52,53)54/h1-54H3. The van der Waals surface area contributed by atoms with E-state index in [1.54, 1.807) is 0 Å². The highest BCUT2D eigenvalue weighted by molar-refractivity contribution is 9.28. The normalized spacial score (nSPS) is 33.1. The lowest BCUT2D eigenvalue weighted by molar-refractivity contribution is 0.550. The summed E-state index contributed by atoms with van der Waals surface area (Å²) in [5.74, 6) is 0. The molecule has 4 bridgehead atoms. The molecular formula is C72H162Si14. The average Bonchev–Trinajstić information content (AvgIpc) is 3.97. The van der Waals surface area contributed by atoms with Gasteiger partial charge in [0.2, 0.25) is 0 Å². The summed E-state index contributed by atoms with van der Waals surface area (Å²) in [7, 11) is -15.3. The second-order valence-corrected chi connectivity index (χ2v) is 256. The fraction of sp³-hybridized carbons (Fsp3) is 1.00. The van der Waals surface area contributed by atoms with Crippen LogP contribution in [0.25, 0.3) is 0 Å². The molecule has 0 unspecified atom stereocenters. The van der Waals surface area contributed by atoms with Crippen LogP contribution in [0.15, 0.2) is 0 Å². The molecular weight excluding hydrogens is 1260 g/mol. The van der Waals surface area contributed by atoms with Gasteiger partial charge in [0.1, 0.15) is 0 Å². The van der Waals surface area contributed by atoms with Crippen molar-refractivity contribution in [3.8, 4) is 0 Å². The third-order valence-electron chi connectivity index (χ3n) is 30.7. The fourth-order valence-corrected chi connectivity index (χ4v) is 2370. The van der Waals surface area contributed by atoms with E-state index >= 15 is 0 Å². The van der Waals surface area contributed by atoms with Gasteiger partial charge in [-0.15, -0.1) is 0 Å². The van der Waals surface area contributed by atoms with Crippen molar-refractivity contribution in [1.82, 2.24) is 0 Å². The quantitative estimate of drug-likeness (QED) is 0.233. The molecule has 0 aliphatic carbocycles. The van der Waals surface area contributed by atoms with Crippen LogP contribution in [0.1, 0.15) is 374 Å². The van der Waals surface area contributed by atoms with Gasteiger partial charge >= 0.3 is 0 Å². The highest BCUT2D eigenvalue weighted by atomic mass is 31.6. The highest BCUT2D eigenvalue weighted by Gasteiger charge is 3.60. The largest absolute Gasteiger partial charge is 0.0628 e. The summed E-state index contributed by atoms with van der Waals surface area (Å²) in [5.41, 5.74) is 0. The predicted molar refractivity (Wildman–Crippen MR) is 435 cm³/mol. The third-order valence-corrected chi connectivity index (χ3v) is 737. The van der Waals surface area contributed by atoms with Crippen LogP contribution in [0.5, 0.6) is 0 Å². The van der Waals surface area contributed by atoms with E-state index in [9.17, 15) is 0 Å². The van der Waals surface area contributed by atoms with Crippen LogP contribution in [-0.4, -0.2) is 94.7 Å². The van der Waals surface area contributed by atoms with Crippen LogP contribution < -0.4 is 0 Å². The van der Waals surface area contributed by atoms with Gasteiger partial charge in [-0.3, -0.25) is 0 Å². The van der Waals surface area contributed by atoms with Crippen LogP contribution in [0.3, 0.4) is 0 Å². The summed E-state index contributed by atoms with van der Waals surface area (Å²) < 4.78 is 0. The van der Waals surface area contributed by atoms with E-state index in [4.69, 9.17) is 0 Å². The predicted octanol–water partition coefficient (Wildman–Crippen LogP) is 26.2. The maximum atomic E-state index is 3.14. The Morgan fingerprint density at radius 1 is 0.105 bits per heavy atom. The summed E-state index contributed by atoms with van der Waals surface area (Å²) in [5, 5.41) is 5.71. The van der Waals surface area contributed by atoms with E-state index < -0.39 is 94.7 Å². The molecule has 2 spiro atoms. The molecule has 8 aliphatic rings. The molecule has 0 atom stereocenters. The number of rotatable bonds is 6. The zero-order valence-corrected chi connectivity index (χ0v) is 84.0. The van der Waals surface area contributed by atoms with Gasteiger partial charge in [0.15, 0.2) is 0 Å². The van der Waals surface area contributed by atoms with Crippen molar-refractivity contribution in [3.63, 3.8) is 0 Å². The zero-order chi connectivity index (χ0) is 70.0. The maximum Gasteiger partial charge on any atom is 0.0539 e. The molecule has 8 aliphatic heterocycles. The lowest BCUT2D eigenvalue weighted by Crippen LogP contribution is -3.34. The SMILES string of the molecule is CC(C)(C)[Si](C(C)(C)C)(C(C)(C)C)[Si]12[Si]3([Si](C(C)(C)C)(C(C)(C)C)C(C)(C)C)[Si]1([Si](C(C)(C)C)(C(C)(C)C)C(C)(C)C)[Si]14[Si]5([Si](C(C)(C)C)(C(C)(C)C)C(C)(C)C)[Si]1([Si](C(C)(C)C)(C(C)(C)C)C(C)(C)C)[Si]5([Si](C(C)(C)C)(C(C)(C)C)C(C)(C)C)[Si]234. The van der Waals surface area contributed by atoms with E-state index in [1.165, 1.54) is 0 Å². The average molecular weight is 1420 g/mol. The van der Waals surface area contributed by atoms with Gasteiger partial charge < -0.3 is 0 Å². The van der Waals surface area contributed by atoms with E-state index in [0.29, 0.717) is 90.7 Å². The Bertz CT molecular complexity index is 2240. The second kappa shape index (κ2) is 17.5. The van der Waals surface area contributed by atoms with Crippen molar-refractivity contribution in [3.05, 3.63) is 0 Å². The molecule has 14 heteroatoms. The van der Waals surface area contributed by atoms with Crippen LogP contribution in [0.2, 0.25) is 90.7 Å². The van der Waals surface area contributed by atoms with Crippen molar-refractivity contribution < 1.29 is 0 Å². The van der Waals surface area contributed by atoms with Crippen molar-refractivity contribution in [2.45, 2.75) is 465 Å². The monoisotopic (exact) mass is 1420 g/mol. The first-order valence-electron chi connectivity index (χ1n) is 36.2. The molecule has 8 fully saturated rings. The first-order chi connectivity index (χ1) is 36.2.